The van der Waals surface area contributed by atoms with Crippen LogP contribution >= 0.6 is 0 Å². The van der Waals surface area contributed by atoms with Crippen molar-refractivity contribution in [2.24, 2.45) is 0 Å². The van der Waals surface area contributed by atoms with Gasteiger partial charge >= 0.3 is 0 Å². The smallest absolute Gasteiger partial charge is 0.211 e. The molecule has 5 heteroatoms. The van der Waals surface area contributed by atoms with Crippen LogP contribution in [0.4, 0.5) is 0 Å². The zero-order valence-electron chi connectivity index (χ0n) is 22.0. The molecular formula is C32H34O5. The quantitative estimate of drug-likeness (QED) is 0.209. The van der Waals surface area contributed by atoms with E-state index in [1.54, 1.807) is 28.4 Å². The molecule has 0 heterocycles. The number of aryl methyl sites for hydroxylation is 4. The Labute approximate surface area is 219 Å². The Kier molecular flexibility index (Phi) is 8.93. The van der Waals surface area contributed by atoms with Gasteiger partial charge in [-0.15, -0.1) is 0 Å². The largest absolute Gasteiger partial charge is 0.497 e. The van der Waals surface area contributed by atoms with E-state index >= 15 is 0 Å². The first-order valence-corrected chi connectivity index (χ1v) is 12.4. The van der Waals surface area contributed by atoms with Crippen LogP contribution in [0.5, 0.6) is 34.5 Å². The minimum absolute atomic E-state index is 0.570. The molecule has 0 aliphatic rings. The molecule has 0 saturated carbocycles. The van der Waals surface area contributed by atoms with E-state index in [4.69, 9.17) is 23.7 Å². The third-order valence-electron chi connectivity index (χ3n) is 6.31. The molecule has 4 rings (SSSR count). The second-order valence-corrected chi connectivity index (χ2v) is 8.78. The molecule has 5 nitrogen and oxygen atoms in total. The maximum absolute atomic E-state index is 6.31. The predicted molar refractivity (Wildman–Crippen MR) is 147 cm³/mol. The maximum atomic E-state index is 6.31. The van der Waals surface area contributed by atoms with Crippen LogP contribution in [-0.4, -0.2) is 28.4 Å². The molecule has 0 unspecified atom stereocenters. The van der Waals surface area contributed by atoms with E-state index in [9.17, 15) is 0 Å². The highest BCUT2D eigenvalue weighted by Gasteiger charge is 2.16. The monoisotopic (exact) mass is 498 g/mol. The van der Waals surface area contributed by atoms with E-state index in [2.05, 4.69) is 36.4 Å². The summed E-state index contributed by atoms with van der Waals surface area (Å²) in [5.41, 5.74) is 4.74. The lowest BCUT2D eigenvalue weighted by atomic mass is 10.0. The number of ether oxygens (including phenoxy) is 5. The van der Waals surface area contributed by atoms with Crippen molar-refractivity contribution >= 4 is 0 Å². The molecule has 4 aromatic carbocycles. The zero-order valence-corrected chi connectivity index (χ0v) is 22.0. The van der Waals surface area contributed by atoms with Gasteiger partial charge in [0.2, 0.25) is 5.75 Å². The number of hydrogen-bond acceptors (Lipinski definition) is 5. The lowest BCUT2D eigenvalue weighted by molar-refractivity contribution is 0.345. The van der Waals surface area contributed by atoms with E-state index in [-0.39, 0.29) is 0 Å². The summed E-state index contributed by atoms with van der Waals surface area (Å²) in [6, 6.07) is 28.5. The molecule has 0 radical (unpaired) electrons. The summed E-state index contributed by atoms with van der Waals surface area (Å²) in [4.78, 5) is 0. The second kappa shape index (κ2) is 12.7. The van der Waals surface area contributed by atoms with Crippen LogP contribution in [0.15, 0.2) is 84.9 Å². The van der Waals surface area contributed by atoms with Gasteiger partial charge in [-0.05, 0) is 96.5 Å². The first-order valence-electron chi connectivity index (χ1n) is 12.4. The van der Waals surface area contributed by atoms with Gasteiger partial charge in [0, 0.05) is 0 Å². The molecule has 0 fully saturated rings. The van der Waals surface area contributed by atoms with Crippen molar-refractivity contribution in [3.63, 3.8) is 0 Å². The number of hydrogen-bond donors (Lipinski definition) is 0. The van der Waals surface area contributed by atoms with Gasteiger partial charge in [-0.2, -0.15) is 0 Å². The summed E-state index contributed by atoms with van der Waals surface area (Å²) in [5, 5.41) is 0. The Bertz CT molecular complexity index is 1290. The molecule has 0 aliphatic carbocycles. The third-order valence-corrected chi connectivity index (χ3v) is 6.31. The minimum Gasteiger partial charge on any atom is -0.497 e. The van der Waals surface area contributed by atoms with Crippen molar-refractivity contribution in [1.82, 2.24) is 0 Å². The maximum Gasteiger partial charge on any atom is 0.211 e. The van der Waals surface area contributed by atoms with Crippen molar-refractivity contribution in [1.29, 1.82) is 0 Å². The van der Waals surface area contributed by atoms with Crippen LogP contribution in [-0.2, 0) is 25.7 Å². The summed E-state index contributed by atoms with van der Waals surface area (Å²) in [6.45, 7) is 0. The van der Waals surface area contributed by atoms with Crippen molar-refractivity contribution in [2.45, 2.75) is 25.7 Å². The lowest BCUT2D eigenvalue weighted by Gasteiger charge is -2.16. The summed E-state index contributed by atoms with van der Waals surface area (Å²) < 4.78 is 28.4. The SMILES string of the molecule is COc1cccc(CCc2cccc(Oc3c(OC)cc(CCc4cccc(OC)c4)cc3OC)c2)c1. The Balaban J connectivity index is 1.48. The van der Waals surface area contributed by atoms with Gasteiger partial charge in [-0.1, -0.05) is 36.4 Å². The summed E-state index contributed by atoms with van der Waals surface area (Å²) >= 11 is 0. The molecule has 0 amide bonds. The Morgan fingerprint density at radius 2 is 0.838 bits per heavy atom. The normalized spacial score (nSPS) is 10.6. The number of methoxy groups -OCH3 is 4. The first kappa shape index (κ1) is 26.0. The Morgan fingerprint density at radius 3 is 1.27 bits per heavy atom. The number of rotatable bonds is 12. The van der Waals surface area contributed by atoms with Gasteiger partial charge in [0.1, 0.15) is 17.2 Å². The fourth-order valence-electron chi connectivity index (χ4n) is 4.29. The standard InChI is InChI=1S/C32H34O5/c1-33-27-11-5-8-23(18-27)14-15-25-10-7-13-29(20-25)37-32-30(35-3)21-26(22-31(32)36-4)17-16-24-9-6-12-28(19-24)34-2/h5-13,18-22H,14-17H2,1-4H3. The van der Waals surface area contributed by atoms with Gasteiger partial charge in [0.15, 0.2) is 11.5 Å². The van der Waals surface area contributed by atoms with Gasteiger partial charge in [0.05, 0.1) is 28.4 Å². The molecule has 0 bridgehead atoms. The molecule has 0 N–H and O–H groups in total. The highest BCUT2D eigenvalue weighted by molar-refractivity contribution is 5.56. The fraction of sp³-hybridized carbons (Fsp3) is 0.250. The summed E-state index contributed by atoms with van der Waals surface area (Å²) in [6.07, 6.45) is 3.51. The Hall–Kier alpha value is -4.12. The molecule has 0 aromatic heterocycles. The molecule has 0 atom stereocenters. The first-order chi connectivity index (χ1) is 18.1. The van der Waals surface area contributed by atoms with Crippen LogP contribution in [0.1, 0.15) is 22.3 Å². The molecule has 0 aliphatic heterocycles. The third kappa shape index (κ3) is 6.98. The van der Waals surface area contributed by atoms with Gasteiger partial charge in [-0.3, -0.25) is 0 Å². The van der Waals surface area contributed by atoms with Gasteiger partial charge < -0.3 is 23.7 Å². The molecule has 0 saturated heterocycles. The van der Waals surface area contributed by atoms with Crippen LogP contribution in [0, 0.1) is 0 Å². The average molecular weight is 499 g/mol. The van der Waals surface area contributed by atoms with Crippen LogP contribution < -0.4 is 23.7 Å². The lowest BCUT2D eigenvalue weighted by Crippen LogP contribution is -1.99. The van der Waals surface area contributed by atoms with E-state index in [0.29, 0.717) is 17.2 Å². The molecule has 37 heavy (non-hydrogen) atoms. The molecular weight excluding hydrogens is 464 g/mol. The van der Waals surface area contributed by atoms with Crippen LogP contribution in [0.25, 0.3) is 0 Å². The Morgan fingerprint density at radius 1 is 0.432 bits per heavy atom. The molecule has 0 spiro atoms. The van der Waals surface area contributed by atoms with E-state index < -0.39 is 0 Å². The molecule has 4 aromatic rings. The molecule has 192 valence electrons. The highest BCUT2D eigenvalue weighted by atomic mass is 16.5. The van der Waals surface area contributed by atoms with Gasteiger partial charge in [-0.25, -0.2) is 0 Å². The average Bonchev–Trinajstić information content (AvgIpc) is 2.95. The summed E-state index contributed by atoms with van der Waals surface area (Å²) in [5.74, 6) is 4.33. The highest BCUT2D eigenvalue weighted by Crippen LogP contribution is 2.41. The van der Waals surface area contributed by atoms with Crippen molar-refractivity contribution in [3.8, 4) is 34.5 Å². The van der Waals surface area contributed by atoms with Crippen molar-refractivity contribution in [2.75, 3.05) is 28.4 Å². The second-order valence-electron chi connectivity index (χ2n) is 8.78. The topological polar surface area (TPSA) is 46.2 Å². The van der Waals surface area contributed by atoms with E-state index in [0.717, 1.165) is 48.5 Å². The van der Waals surface area contributed by atoms with Crippen LogP contribution in [0.2, 0.25) is 0 Å². The van der Waals surface area contributed by atoms with Crippen molar-refractivity contribution in [3.05, 3.63) is 107 Å². The van der Waals surface area contributed by atoms with E-state index in [1.807, 2.05) is 48.5 Å². The predicted octanol–water partition coefficient (Wildman–Crippen LogP) is 7.08. The number of benzene rings is 4. The van der Waals surface area contributed by atoms with Crippen molar-refractivity contribution < 1.29 is 23.7 Å². The summed E-state index contributed by atoms with van der Waals surface area (Å²) in [7, 11) is 6.68. The van der Waals surface area contributed by atoms with E-state index in [1.165, 1.54) is 16.7 Å². The fourth-order valence-corrected chi connectivity index (χ4v) is 4.29. The zero-order chi connectivity index (χ0) is 26.0. The van der Waals surface area contributed by atoms with Gasteiger partial charge in [0.25, 0.3) is 0 Å². The van der Waals surface area contributed by atoms with Crippen LogP contribution in [0.3, 0.4) is 0 Å². The minimum atomic E-state index is 0.570.